The van der Waals surface area contributed by atoms with Crippen LogP contribution >= 0.6 is 23.2 Å². The highest BCUT2D eigenvalue weighted by molar-refractivity contribution is 6.34. The number of amides is 1. The number of pyridine rings is 1. The van der Waals surface area contributed by atoms with E-state index in [-0.39, 0.29) is 10.3 Å². The Balaban J connectivity index is 2.08. The lowest BCUT2D eigenvalue weighted by molar-refractivity contribution is -0.150. The molecule has 2 unspecified atom stereocenters. The number of halogens is 2. The van der Waals surface area contributed by atoms with E-state index >= 15 is 0 Å². The first-order chi connectivity index (χ1) is 9.38. The zero-order valence-electron chi connectivity index (χ0n) is 10.5. The van der Waals surface area contributed by atoms with E-state index in [9.17, 15) is 9.59 Å². The Morgan fingerprint density at radius 1 is 1.40 bits per heavy atom. The van der Waals surface area contributed by atoms with Crippen LogP contribution in [0.5, 0.6) is 0 Å². The summed E-state index contributed by atoms with van der Waals surface area (Å²) in [4.78, 5) is 26.6. The van der Waals surface area contributed by atoms with Crippen LogP contribution in [0.2, 0.25) is 10.3 Å². The summed E-state index contributed by atoms with van der Waals surface area (Å²) in [5.74, 6) is -1.51. The average Bonchev–Trinajstić information content (AvgIpc) is 2.83. The molecule has 1 aliphatic rings. The second-order valence-corrected chi connectivity index (χ2v) is 5.19. The summed E-state index contributed by atoms with van der Waals surface area (Å²) in [6.07, 6.45) is -1.09. The van der Waals surface area contributed by atoms with Crippen LogP contribution in [0.25, 0.3) is 0 Å². The van der Waals surface area contributed by atoms with E-state index in [1.54, 1.807) is 13.0 Å². The van der Waals surface area contributed by atoms with Crippen LogP contribution in [0.15, 0.2) is 6.07 Å². The number of nitrogens with zero attached hydrogens (tertiary/aromatic N) is 1. The molecule has 2 atom stereocenters. The molecule has 1 aliphatic heterocycles. The van der Waals surface area contributed by atoms with Gasteiger partial charge < -0.3 is 15.2 Å². The number of carboxylic acid groups (broad SMARTS) is 1. The number of aryl methyl sites for hydroxylation is 1. The molecule has 0 radical (unpaired) electrons. The van der Waals surface area contributed by atoms with Crippen molar-refractivity contribution in [2.24, 2.45) is 0 Å². The largest absolute Gasteiger partial charge is 0.479 e. The number of carbonyl (C=O) groups excluding carboxylic acids is 1. The topological polar surface area (TPSA) is 88.5 Å². The number of ether oxygens (including phenoxy) is 1. The quantitative estimate of drug-likeness (QED) is 0.834. The van der Waals surface area contributed by atoms with E-state index in [4.69, 9.17) is 33.0 Å². The molecule has 0 aliphatic carbocycles. The van der Waals surface area contributed by atoms with Gasteiger partial charge in [0.05, 0.1) is 5.69 Å². The molecule has 108 valence electrons. The van der Waals surface area contributed by atoms with E-state index in [1.807, 2.05) is 0 Å². The Bertz CT molecular complexity index is 541. The number of hydrogen-bond acceptors (Lipinski definition) is 4. The monoisotopic (exact) mass is 318 g/mol. The first-order valence-electron chi connectivity index (χ1n) is 5.90. The van der Waals surface area contributed by atoms with Crippen molar-refractivity contribution in [1.29, 1.82) is 0 Å². The van der Waals surface area contributed by atoms with Crippen LogP contribution in [0, 0.1) is 6.92 Å². The summed E-state index contributed by atoms with van der Waals surface area (Å²) in [5, 5.41) is 11.7. The Labute approximate surface area is 125 Å². The summed E-state index contributed by atoms with van der Waals surface area (Å²) in [6, 6.07) is 1.57. The molecule has 0 spiro atoms. The van der Waals surface area contributed by atoms with Gasteiger partial charge in [-0.2, -0.15) is 0 Å². The summed E-state index contributed by atoms with van der Waals surface area (Å²) < 4.78 is 5.16. The highest BCUT2D eigenvalue weighted by Gasteiger charge is 2.35. The van der Waals surface area contributed by atoms with Crippen molar-refractivity contribution in [2.45, 2.75) is 32.0 Å². The van der Waals surface area contributed by atoms with Crippen molar-refractivity contribution in [1.82, 2.24) is 4.98 Å². The maximum atomic E-state index is 12.0. The van der Waals surface area contributed by atoms with Gasteiger partial charge in [-0.05, 0) is 31.4 Å². The average molecular weight is 319 g/mol. The van der Waals surface area contributed by atoms with Crippen LogP contribution in [-0.4, -0.2) is 34.2 Å². The molecule has 2 rings (SSSR count). The minimum absolute atomic E-state index is 0.0798. The van der Waals surface area contributed by atoms with E-state index in [0.717, 1.165) is 0 Å². The van der Waals surface area contributed by atoms with Gasteiger partial charge >= 0.3 is 5.97 Å². The van der Waals surface area contributed by atoms with Gasteiger partial charge in [-0.3, -0.25) is 4.79 Å². The van der Waals surface area contributed by atoms with Crippen LogP contribution in [0.3, 0.4) is 0 Å². The summed E-state index contributed by atoms with van der Waals surface area (Å²) >= 11 is 11.7. The number of nitrogens with one attached hydrogen (secondary N) is 1. The Morgan fingerprint density at radius 3 is 2.60 bits per heavy atom. The van der Waals surface area contributed by atoms with Crippen LogP contribution in [0.4, 0.5) is 5.69 Å². The van der Waals surface area contributed by atoms with E-state index in [1.165, 1.54) is 0 Å². The first kappa shape index (κ1) is 15.0. The van der Waals surface area contributed by atoms with Crippen molar-refractivity contribution in [3.05, 3.63) is 21.9 Å². The predicted octanol–water partition coefficient (Wildman–Crippen LogP) is 2.27. The molecule has 1 amide bonds. The normalized spacial score (nSPS) is 21.8. The summed E-state index contributed by atoms with van der Waals surface area (Å²) in [7, 11) is 0. The molecule has 0 saturated carbocycles. The SMILES string of the molecule is Cc1cc(Cl)nc(Cl)c1NC(=O)C1CCC(C(=O)O)O1. The highest BCUT2D eigenvalue weighted by Crippen LogP contribution is 2.28. The smallest absolute Gasteiger partial charge is 0.332 e. The minimum atomic E-state index is -1.07. The van der Waals surface area contributed by atoms with Crippen molar-refractivity contribution in [2.75, 3.05) is 5.32 Å². The maximum Gasteiger partial charge on any atom is 0.332 e. The molecule has 1 saturated heterocycles. The third kappa shape index (κ3) is 3.20. The standard InChI is InChI=1S/C12H12Cl2N2O4/c1-5-4-8(13)15-10(14)9(5)16-11(17)6-2-3-7(20-6)12(18)19/h4,6-7H,2-3H2,1H3,(H,16,17)(H,18,19). The lowest BCUT2D eigenvalue weighted by atomic mass is 10.2. The van der Waals surface area contributed by atoms with Crippen molar-refractivity contribution in [3.63, 3.8) is 0 Å². The van der Waals surface area contributed by atoms with Gasteiger partial charge in [0.1, 0.15) is 11.3 Å². The highest BCUT2D eigenvalue weighted by atomic mass is 35.5. The van der Waals surface area contributed by atoms with E-state index in [2.05, 4.69) is 10.3 Å². The molecule has 1 fully saturated rings. The van der Waals surface area contributed by atoms with Gasteiger partial charge in [0, 0.05) is 0 Å². The van der Waals surface area contributed by atoms with Gasteiger partial charge in [0.2, 0.25) is 0 Å². The van der Waals surface area contributed by atoms with Crippen LogP contribution in [0.1, 0.15) is 18.4 Å². The third-order valence-electron chi connectivity index (χ3n) is 2.98. The summed E-state index contributed by atoms with van der Waals surface area (Å²) in [5.41, 5.74) is 1.01. The Morgan fingerprint density at radius 2 is 2.05 bits per heavy atom. The fourth-order valence-corrected chi connectivity index (χ4v) is 2.54. The zero-order valence-corrected chi connectivity index (χ0v) is 12.0. The van der Waals surface area contributed by atoms with Gasteiger partial charge in [-0.1, -0.05) is 23.2 Å². The van der Waals surface area contributed by atoms with Gasteiger partial charge in [-0.25, -0.2) is 9.78 Å². The lowest BCUT2D eigenvalue weighted by Gasteiger charge is -2.14. The Hall–Kier alpha value is -1.37. The van der Waals surface area contributed by atoms with Gasteiger partial charge in [0.25, 0.3) is 5.91 Å². The zero-order chi connectivity index (χ0) is 14.9. The van der Waals surface area contributed by atoms with Crippen molar-refractivity contribution >= 4 is 40.8 Å². The third-order valence-corrected chi connectivity index (χ3v) is 3.44. The second kappa shape index (κ2) is 5.95. The van der Waals surface area contributed by atoms with Gasteiger partial charge in [0.15, 0.2) is 11.3 Å². The Kier molecular flexibility index (Phi) is 4.47. The minimum Gasteiger partial charge on any atom is -0.479 e. The number of carboxylic acids is 1. The molecule has 1 aromatic rings. The molecule has 2 N–H and O–H groups in total. The molecule has 2 heterocycles. The molecule has 20 heavy (non-hydrogen) atoms. The number of hydrogen-bond donors (Lipinski definition) is 2. The lowest BCUT2D eigenvalue weighted by Crippen LogP contribution is -2.30. The summed E-state index contributed by atoms with van der Waals surface area (Å²) in [6.45, 7) is 1.73. The van der Waals surface area contributed by atoms with Gasteiger partial charge in [-0.15, -0.1) is 0 Å². The number of aliphatic carboxylic acids is 1. The van der Waals surface area contributed by atoms with E-state index < -0.39 is 24.1 Å². The maximum absolute atomic E-state index is 12.0. The molecular weight excluding hydrogens is 307 g/mol. The van der Waals surface area contributed by atoms with Crippen LogP contribution < -0.4 is 5.32 Å². The fourth-order valence-electron chi connectivity index (χ4n) is 1.96. The molecule has 0 bridgehead atoms. The number of carbonyl (C=O) groups is 2. The van der Waals surface area contributed by atoms with Crippen molar-refractivity contribution in [3.8, 4) is 0 Å². The number of rotatable bonds is 3. The molecule has 6 nitrogen and oxygen atoms in total. The molecule has 1 aromatic heterocycles. The predicted molar refractivity (Wildman–Crippen MR) is 73.2 cm³/mol. The molecule has 8 heteroatoms. The molecule has 0 aromatic carbocycles. The number of anilines is 1. The first-order valence-corrected chi connectivity index (χ1v) is 6.66. The second-order valence-electron chi connectivity index (χ2n) is 4.45. The fraction of sp³-hybridized carbons (Fsp3) is 0.417. The van der Waals surface area contributed by atoms with Crippen LogP contribution in [-0.2, 0) is 14.3 Å². The molecular formula is C12H12Cl2N2O4. The number of aromatic nitrogens is 1. The van der Waals surface area contributed by atoms with E-state index in [0.29, 0.717) is 24.1 Å². The van der Waals surface area contributed by atoms with Crippen molar-refractivity contribution < 1.29 is 19.4 Å².